The van der Waals surface area contributed by atoms with Crippen molar-refractivity contribution < 1.29 is 24.2 Å². The number of carbonyl (C=O) groups excluding carboxylic acids is 2. The summed E-state index contributed by atoms with van der Waals surface area (Å²) < 4.78 is 10.2. The molecule has 0 saturated carbocycles. The van der Waals surface area contributed by atoms with Crippen molar-refractivity contribution in [2.45, 2.75) is 13.0 Å². The highest BCUT2D eigenvalue weighted by Gasteiger charge is 2.19. The van der Waals surface area contributed by atoms with E-state index in [1.54, 1.807) is 18.2 Å². The number of carbonyl (C=O) groups is 2. The summed E-state index contributed by atoms with van der Waals surface area (Å²) in [6.07, 6.45) is -0.858. The first-order chi connectivity index (χ1) is 12.0. The smallest absolute Gasteiger partial charge is 0.313 e. The fourth-order valence-corrected chi connectivity index (χ4v) is 3.09. The molecule has 0 spiro atoms. The molecule has 7 nitrogen and oxygen atoms in total. The van der Waals surface area contributed by atoms with E-state index in [-0.39, 0.29) is 6.54 Å². The van der Waals surface area contributed by atoms with Crippen LogP contribution in [0, 0.1) is 6.92 Å². The number of benzene rings is 1. The number of thiophene rings is 1. The minimum atomic E-state index is -0.860. The van der Waals surface area contributed by atoms with Gasteiger partial charge < -0.3 is 25.2 Å². The van der Waals surface area contributed by atoms with Crippen molar-refractivity contribution in [1.29, 1.82) is 0 Å². The maximum atomic E-state index is 12.0. The predicted molar refractivity (Wildman–Crippen MR) is 95.2 cm³/mol. The van der Waals surface area contributed by atoms with E-state index in [4.69, 9.17) is 9.47 Å². The van der Waals surface area contributed by atoms with Crippen molar-refractivity contribution in [1.82, 2.24) is 5.32 Å². The van der Waals surface area contributed by atoms with E-state index < -0.39 is 17.9 Å². The Bertz CT molecular complexity index is 759. The molecule has 0 aliphatic rings. The minimum Gasteiger partial charge on any atom is -0.497 e. The topological polar surface area (TPSA) is 96.9 Å². The Hall–Kier alpha value is -2.58. The zero-order valence-corrected chi connectivity index (χ0v) is 15.0. The Balaban J connectivity index is 1.96. The standard InChI is InChI=1S/C17H20N2O5S/c1-10-6-7-25-15(10)13(20)9-18-16(21)17(22)19-12-8-11(23-2)4-5-14(12)24-3/h4-8,13,20H,9H2,1-3H3,(H,18,21)(H,19,22). The van der Waals surface area contributed by atoms with Gasteiger partial charge in [-0.15, -0.1) is 11.3 Å². The summed E-state index contributed by atoms with van der Waals surface area (Å²) in [5, 5.41) is 16.8. The molecule has 2 amide bonds. The van der Waals surface area contributed by atoms with Gasteiger partial charge in [0.2, 0.25) is 0 Å². The molecule has 0 radical (unpaired) electrons. The summed E-state index contributed by atoms with van der Waals surface area (Å²) in [5.41, 5.74) is 1.26. The van der Waals surface area contributed by atoms with Crippen molar-refractivity contribution in [3.63, 3.8) is 0 Å². The van der Waals surface area contributed by atoms with E-state index in [9.17, 15) is 14.7 Å². The largest absolute Gasteiger partial charge is 0.497 e. The molecule has 0 aliphatic carbocycles. The van der Waals surface area contributed by atoms with Gasteiger partial charge in [-0.05, 0) is 36.1 Å². The molecule has 1 aromatic carbocycles. The first-order valence-electron chi connectivity index (χ1n) is 7.49. The van der Waals surface area contributed by atoms with E-state index >= 15 is 0 Å². The van der Waals surface area contributed by atoms with Crippen molar-refractivity contribution in [2.24, 2.45) is 0 Å². The van der Waals surface area contributed by atoms with Crippen LogP contribution in [0.25, 0.3) is 0 Å². The van der Waals surface area contributed by atoms with Crippen LogP contribution in [0.3, 0.4) is 0 Å². The number of aryl methyl sites for hydroxylation is 1. The van der Waals surface area contributed by atoms with Gasteiger partial charge in [0.15, 0.2) is 0 Å². The highest BCUT2D eigenvalue weighted by molar-refractivity contribution is 7.10. The van der Waals surface area contributed by atoms with Gasteiger partial charge >= 0.3 is 11.8 Å². The zero-order valence-electron chi connectivity index (χ0n) is 14.2. The Morgan fingerprint density at radius 2 is 1.96 bits per heavy atom. The van der Waals surface area contributed by atoms with Crippen LogP contribution in [0.15, 0.2) is 29.6 Å². The molecule has 1 atom stereocenters. The van der Waals surface area contributed by atoms with Crippen LogP contribution in [0.1, 0.15) is 16.5 Å². The third kappa shape index (κ3) is 4.71. The number of rotatable bonds is 6. The predicted octanol–water partition coefficient (Wildman–Crippen LogP) is 1.86. The fourth-order valence-electron chi connectivity index (χ4n) is 2.18. The summed E-state index contributed by atoms with van der Waals surface area (Å²) in [4.78, 5) is 24.8. The maximum absolute atomic E-state index is 12.0. The Kier molecular flexibility index (Phi) is 6.37. The molecule has 25 heavy (non-hydrogen) atoms. The highest BCUT2D eigenvalue weighted by Crippen LogP contribution is 2.28. The van der Waals surface area contributed by atoms with Crippen LogP contribution in [-0.4, -0.2) is 37.7 Å². The minimum absolute atomic E-state index is 0.0527. The molecule has 1 unspecified atom stereocenters. The van der Waals surface area contributed by atoms with E-state index in [0.717, 1.165) is 10.4 Å². The molecule has 1 heterocycles. The summed E-state index contributed by atoms with van der Waals surface area (Å²) in [6, 6.07) is 6.73. The van der Waals surface area contributed by atoms with Crippen molar-refractivity contribution in [3.05, 3.63) is 40.1 Å². The summed E-state index contributed by atoms with van der Waals surface area (Å²) in [5.74, 6) is -0.795. The first-order valence-corrected chi connectivity index (χ1v) is 8.37. The van der Waals surface area contributed by atoms with E-state index in [2.05, 4.69) is 10.6 Å². The molecular formula is C17H20N2O5S. The average Bonchev–Trinajstić information content (AvgIpc) is 3.05. The SMILES string of the molecule is COc1ccc(OC)c(NC(=O)C(=O)NCC(O)c2sccc2C)c1. The molecule has 0 bridgehead atoms. The number of ether oxygens (including phenoxy) is 2. The van der Waals surface area contributed by atoms with Gasteiger partial charge in [0, 0.05) is 17.5 Å². The quantitative estimate of drug-likeness (QED) is 0.680. The average molecular weight is 364 g/mol. The lowest BCUT2D eigenvalue weighted by atomic mass is 10.2. The Morgan fingerprint density at radius 3 is 2.56 bits per heavy atom. The number of nitrogens with one attached hydrogen (secondary N) is 2. The van der Waals surface area contributed by atoms with Gasteiger partial charge in [-0.1, -0.05) is 0 Å². The number of hydrogen-bond donors (Lipinski definition) is 3. The lowest BCUT2D eigenvalue weighted by Gasteiger charge is -2.13. The second-order valence-corrected chi connectivity index (χ2v) is 6.16. The molecule has 0 aliphatic heterocycles. The molecule has 0 fully saturated rings. The van der Waals surface area contributed by atoms with Crippen molar-refractivity contribution in [3.8, 4) is 11.5 Å². The number of methoxy groups -OCH3 is 2. The van der Waals surface area contributed by atoms with E-state index in [0.29, 0.717) is 17.2 Å². The van der Waals surface area contributed by atoms with Crippen LogP contribution in [0.5, 0.6) is 11.5 Å². The van der Waals surface area contributed by atoms with Gasteiger partial charge in [-0.2, -0.15) is 0 Å². The maximum Gasteiger partial charge on any atom is 0.313 e. The van der Waals surface area contributed by atoms with Gasteiger partial charge in [-0.3, -0.25) is 9.59 Å². The van der Waals surface area contributed by atoms with Gasteiger partial charge in [-0.25, -0.2) is 0 Å². The second kappa shape index (κ2) is 8.50. The monoisotopic (exact) mass is 364 g/mol. The fraction of sp³-hybridized carbons (Fsp3) is 0.294. The normalized spacial score (nSPS) is 11.5. The van der Waals surface area contributed by atoms with Crippen LogP contribution in [0.4, 0.5) is 5.69 Å². The third-order valence-corrected chi connectivity index (χ3v) is 4.64. The van der Waals surface area contributed by atoms with Crippen LogP contribution < -0.4 is 20.1 Å². The Labute approximate surface area is 149 Å². The third-order valence-electron chi connectivity index (χ3n) is 3.52. The second-order valence-electron chi connectivity index (χ2n) is 5.21. The van der Waals surface area contributed by atoms with Crippen molar-refractivity contribution in [2.75, 3.05) is 26.1 Å². The number of aliphatic hydroxyl groups excluding tert-OH is 1. The molecule has 2 aromatic rings. The van der Waals surface area contributed by atoms with Gasteiger partial charge in [0.25, 0.3) is 0 Å². The molecule has 0 saturated heterocycles. The Morgan fingerprint density at radius 1 is 1.20 bits per heavy atom. The molecule has 134 valence electrons. The van der Waals surface area contributed by atoms with E-state index in [1.165, 1.54) is 25.6 Å². The number of hydrogen-bond acceptors (Lipinski definition) is 6. The van der Waals surface area contributed by atoms with Crippen LogP contribution >= 0.6 is 11.3 Å². The van der Waals surface area contributed by atoms with Crippen LogP contribution in [0.2, 0.25) is 0 Å². The highest BCUT2D eigenvalue weighted by atomic mass is 32.1. The number of aliphatic hydroxyl groups is 1. The number of anilines is 1. The van der Waals surface area contributed by atoms with Crippen LogP contribution in [-0.2, 0) is 9.59 Å². The first kappa shape index (κ1) is 18.8. The van der Waals surface area contributed by atoms with Gasteiger partial charge in [0.05, 0.1) is 19.9 Å². The summed E-state index contributed by atoms with van der Waals surface area (Å²) in [6.45, 7) is 1.82. The molecule has 3 N–H and O–H groups in total. The lowest BCUT2D eigenvalue weighted by Crippen LogP contribution is -2.37. The van der Waals surface area contributed by atoms with Gasteiger partial charge in [0.1, 0.15) is 17.6 Å². The summed E-state index contributed by atoms with van der Waals surface area (Å²) >= 11 is 1.40. The van der Waals surface area contributed by atoms with E-state index in [1.807, 2.05) is 18.4 Å². The molecule has 1 aromatic heterocycles. The number of amides is 2. The lowest BCUT2D eigenvalue weighted by molar-refractivity contribution is -0.136. The molecular weight excluding hydrogens is 344 g/mol. The van der Waals surface area contributed by atoms with Crippen molar-refractivity contribution >= 4 is 28.8 Å². The summed E-state index contributed by atoms with van der Waals surface area (Å²) in [7, 11) is 2.95. The molecule has 8 heteroatoms. The zero-order chi connectivity index (χ0) is 18.4. The molecule has 2 rings (SSSR count).